The lowest BCUT2D eigenvalue weighted by atomic mass is 9.97. The van der Waals surface area contributed by atoms with Gasteiger partial charge >= 0.3 is 0 Å². The van der Waals surface area contributed by atoms with Gasteiger partial charge in [0.1, 0.15) is 0 Å². The Hall–Kier alpha value is -2.46. The maximum Gasteiger partial charge on any atom is 0.252 e. The van der Waals surface area contributed by atoms with Gasteiger partial charge in [0.2, 0.25) is 0 Å². The van der Waals surface area contributed by atoms with E-state index in [4.69, 9.17) is 0 Å². The highest BCUT2D eigenvalue weighted by Crippen LogP contribution is 2.15. The predicted octanol–water partition coefficient (Wildman–Crippen LogP) is 2.66. The number of rotatable bonds is 6. The Morgan fingerprint density at radius 3 is 2.13 bits per heavy atom. The van der Waals surface area contributed by atoms with Crippen LogP contribution >= 0.6 is 0 Å². The zero-order chi connectivity index (χ0) is 16.8. The number of carbonyl (C=O) groups is 2. The normalized spacial score (nSPS) is 13.2. The average molecular weight is 311 g/mol. The molecular formula is C19H21NO3. The maximum absolute atomic E-state index is 12.6. The summed E-state index contributed by atoms with van der Waals surface area (Å²) >= 11 is 0. The first-order valence-corrected chi connectivity index (χ1v) is 7.65. The molecule has 4 heteroatoms. The van der Waals surface area contributed by atoms with E-state index in [0.29, 0.717) is 16.7 Å². The van der Waals surface area contributed by atoms with Crippen molar-refractivity contribution in [3.8, 4) is 0 Å². The van der Waals surface area contributed by atoms with E-state index in [9.17, 15) is 14.7 Å². The Bertz CT molecular complexity index is 682. The summed E-state index contributed by atoms with van der Waals surface area (Å²) in [5, 5.41) is 12.0. The van der Waals surface area contributed by atoms with Crippen LogP contribution in [0.1, 0.15) is 40.1 Å². The molecule has 0 saturated heterocycles. The number of amides is 1. The molecule has 120 valence electrons. The van der Waals surface area contributed by atoms with Gasteiger partial charge < -0.3 is 10.4 Å². The third-order valence-electron chi connectivity index (χ3n) is 3.95. The van der Waals surface area contributed by atoms with Gasteiger partial charge in [-0.1, -0.05) is 55.5 Å². The minimum Gasteiger partial charge on any atom is -0.396 e. The van der Waals surface area contributed by atoms with Crippen LogP contribution in [0.15, 0.2) is 54.6 Å². The van der Waals surface area contributed by atoms with Crippen LogP contribution < -0.4 is 5.32 Å². The van der Waals surface area contributed by atoms with Crippen molar-refractivity contribution in [3.05, 3.63) is 71.3 Å². The van der Waals surface area contributed by atoms with E-state index < -0.39 is 0 Å². The van der Waals surface area contributed by atoms with Crippen LogP contribution in [0.3, 0.4) is 0 Å². The first-order chi connectivity index (χ1) is 11.0. The number of hydrogen-bond acceptors (Lipinski definition) is 3. The summed E-state index contributed by atoms with van der Waals surface area (Å²) in [5.41, 5.74) is 1.27. The van der Waals surface area contributed by atoms with E-state index in [1.54, 1.807) is 48.5 Å². The Morgan fingerprint density at radius 1 is 0.957 bits per heavy atom. The van der Waals surface area contributed by atoms with Gasteiger partial charge in [0.15, 0.2) is 5.78 Å². The van der Waals surface area contributed by atoms with Gasteiger partial charge in [-0.15, -0.1) is 0 Å². The van der Waals surface area contributed by atoms with Crippen LogP contribution in [0.25, 0.3) is 0 Å². The number of aliphatic hydroxyl groups is 1. The average Bonchev–Trinajstić information content (AvgIpc) is 2.60. The van der Waals surface area contributed by atoms with Crippen LogP contribution in [0.5, 0.6) is 0 Å². The molecule has 0 saturated carbocycles. The lowest BCUT2D eigenvalue weighted by molar-refractivity contribution is 0.0907. The second-order valence-corrected chi connectivity index (χ2v) is 5.66. The summed E-state index contributed by atoms with van der Waals surface area (Å²) in [5.74, 6) is -0.548. The number of benzene rings is 2. The summed E-state index contributed by atoms with van der Waals surface area (Å²) < 4.78 is 0. The third-order valence-corrected chi connectivity index (χ3v) is 3.95. The molecule has 2 unspecified atom stereocenters. The highest BCUT2D eigenvalue weighted by Gasteiger charge is 2.20. The van der Waals surface area contributed by atoms with Crippen LogP contribution in [0, 0.1) is 5.92 Å². The third kappa shape index (κ3) is 4.05. The second kappa shape index (κ2) is 7.70. The number of carbonyl (C=O) groups excluding carboxylic acids is 2. The van der Waals surface area contributed by atoms with Crippen molar-refractivity contribution in [1.82, 2.24) is 5.32 Å². The van der Waals surface area contributed by atoms with Gasteiger partial charge in [-0.05, 0) is 18.9 Å². The minimum absolute atomic E-state index is 0.00790. The molecule has 2 atom stereocenters. The summed E-state index contributed by atoms with van der Waals surface area (Å²) in [6.07, 6.45) is 0. The highest BCUT2D eigenvalue weighted by molar-refractivity contribution is 6.15. The molecular weight excluding hydrogens is 290 g/mol. The van der Waals surface area contributed by atoms with Crippen molar-refractivity contribution in [2.75, 3.05) is 6.61 Å². The fourth-order valence-electron chi connectivity index (χ4n) is 2.21. The van der Waals surface area contributed by atoms with Crippen LogP contribution in [-0.2, 0) is 0 Å². The molecule has 0 spiro atoms. The van der Waals surface area contributed by atoms with Gasteiger partial charge in [0.25, 0.3) is 5.91 Å². The fourth-order valence-corrected chi connectivity index (χ4v) is 2.21. The minimum atomic E-state index is -0.308. The Balaban J connectivity index is 2.27. The molecule has 0 aliphatic carbocycles. The topological polar surface area (TPSA) is 66.4 Å². The Labute approximate surface area is 136 Å². The highest BCUT2D eigenvalue weighted by atomic mass is 16.3. The maximum atomic E-state index is 12.6. The first-order valence-electron chi connectivity index (χ1n) is 7.65. The molecule has 0 heterocycles. The molecule has 0 fully saturated rings. The summed E-state index contributed by atoms with van der Waals surface area (Å²) in [6.45, 7) is 3.68. The van der Waals surface area contributed by atoms with E-state index in [-0.39, 0.29) is 30.3 Å². The standard InChI is InChI=1S/C19H21NO3/c1-13(12-21)14(2)20-19(23)17-11-7-6-10-16(17)18(22)15-8-4-3-5-9-15/h3-11,13-14,21H,12H2,1-2H3,(H,20,23). The van der Waals surface area contributed by atoms with Crippen molar-refractivity contribution < 1.29 is 14.7 Å². The number of ketones is 1. The lowest BCUT2D eigenvalue weighted by Gasteiger charge is -2.20. The number of nitrogens with one attached hydrogen (secondary N) is 1. The number of hydrogen-bond donors (Lipinski definition) is 2. The van der Waals surface area contributed by atoms with Gasteiger partial charge in [0, 0.05) is 23.8 Å². The molecule has 0 aliphatic heterocycles. The second-order valence-electron chi connectivity index (χ2n) is 5.66. The Morgan fingerprint density at radius 2 is 1.52 bits per heavy atom. The van der Waals surface area contributed by atoms with E-state index in [1.165, 1.54) is 0 Å². The van der Waals surface area contributed by atoms with E-state index in [1.807, 2.05) is 19.9 Å². The molecule has 0 bridgehead atoms. The molecule has 0 aliphatic rings. The van der Waals surface area contributed by atoms with Crippen molar-refractivity contribution >= 4 is 11.7 Å². The molecule has 2 aromatic rings. The monoisotopic (exact) mass is 311 g/mol. The first kappa shape index (κ1) is 16.9. The summed E-state index contributed by atoms with van der Waals surface area (Å²) in [6, 6.07) is 15.5. The molecule has 2 aromatic carbocycles. The van der Waals surface area contributed by atoms with E-state index in [0.717, 1.165) is 0 Å². The molecule has 4 nitrogen and oxygen atoms in total. The Kier molecular flexibility index (Phi) is 5.66. The van der Waals surface area contributed by atoms with Gasteiger partial charge in [-0.3, -0.25) is 9.59 Å². The van der Waals surface area contributed by atoms with Crippen LogP contribution in [0.4, 0.5) is 0 Å². The van der Waals surface area contributed by atoms with Crippen molar-refractivity contribution in [3.63, 3.8) is 0 Å². The van der Waals surface area contributed by atoms with Crippen LogP contribution in [-0.4, -0.2) is 29.4 Å². The molecule has 1 amide bonds. The smallest absolute Gasteiger partial charge is 0.252 e. The largest absolute Gasteiger partial charge is 0.396 e. The predicted molar refractivity (Wildman–Crippen MR) is 89.5 cm³/mol. The lowest BCUT2D eigenvalue weighted by Crippen LogP contribution is -2.38. The quantitative estimate of drug-likeness (QED) is 0.806. The molecule has 2 N–H and O–H groups in total. The molecule has 2 rings (SSSR count). The van der Waals surface area contributed by atoms with Gasteiger partial charge in [-0.25, -0.2) is 0 Å². The fraction of sp³-hybridized carbons (Fsp3) is 0.263. The van der Waals surface area contributed by atoms with Crippen molar-refractivity contribution in [2.45, 2.75) is 19.9 Å². The van der Waals surface area contributed by atoms with Crippen LogP contribution in [0.2, 0.25) is 0 Å². The molecule has 0 aromatic heterocycles. The summed E-state index contributed by atoms with van der Waals surface area (Å²) in [4.78, 5) is 25.1. The SMILES string of the molecule is CC(CO)C(C)NC(=O)c1ccccc1C(=O)c1ccccc1. The summed E-state index contributed by atoms with van der Waals surface area (Å²) in [7, 11) is 0. The number of aliphatic hydroxyl groups excluding tert-OH is 1. The van der Waals surface area contributed by atoms with E-state index in [2.05, 4.69) is 5.32 Å². The zero-order valence-corrected chi connectivity index (χ0v) is 13.3. The molecule has 0 radical (unpaired) electrons. The molecule has 23 heavy (non-hydrogen) atoms. The zero-order valence-electron chi connectivity index (χ0n) is 13.3. The van der Waals surface area contributed by atoms with Crippen molar-refractivity contribution in [2.24, 2.45) is 5.92 Å². The van der Waals surface area contributed by atoms with Gasteiger partial charge in [0.05, 0.1) is 5.56 Å². The van der Waals surface area contributed by atoms with Crippen molar-refractivity contribution in [1.29, 1.82) is 0 Å². The van der Waals surface area contributed by atoms with Gasteiger partial charge in [-0.2, -0.15) is 0 Å². The van der Waals surface area contributed by atoms with E-state index >= 15 is 0 Å².